The summed E-state index contributed by atoms with van der Waals surface area (Å²) in [5.41, 5.74) is 1.17. The lowest BCUT2D eigenvalue weighted by Gasteiger charge is -2.24. The molecule has 2 aliphatic carbocycles. The van der Waals surface area contributed by atoms with Gasteiger partial charge in [0.25, 0.3) is 0 Å². The third-order valence-corrected chi connectivity index (χ3v) is 5.02. The number of nitrogens with one attached hydrogen (secondary N) is 1. The molecule has 2 fully saturated rings. The molecule has 0 saturated heterocycles. The first-order valence-electron chi connectivity index (χ1n) is 7.62. The molecular weight excluding hydrogens is 206 g/mol. The minimum atomic E-state index is 0.585. The quantitative estimate of drug-likeness (QED) is 0.697. The van der Waals surface area contributed by atoms with E-state index in [0.29, 0.717) is 10.8 Å². The van der Waals surface area contributed by atoms with Crippen LogP contribution in [0.2, 0.25) is 0 Å². The Kier molecular flexibility index (Phi) is 3.87. The van der Waals surface area contributed by atoms with Gasteiger partial charge in [-0.2, -0.15) is 0 Å². The predicted octanol–water partition coefficient (Wildman–Crippen LogP) is 4.51. The highest BCUT2D eigenvalue weighted by atomic mass is 15.0. The van der Waals surface area contributed by atoms with Gasteiger partial charge in [-0.25, -0.2) is 0 Å². The first-order chi connectivity index (χ1) is 7.86. The maximum Gasteiger partial charge on any atom is 0.00749 e. The Hall–Kier alpha value is -0.0400. The molecule has 0 bridgehead atoms. The van der Waals surface area contributed by atoms with E-state index >= 15 is 0 Å². The molecule has 0 amide bonds. The lowest BCUT2D eigenvalue weighted by Crippen LogP contribution is -2.37. The number of hydrogen-bond acceptors (Lipinski definition) is 1. The highest BCUT2D eigenvalue weighted by Crippen LogP contribution is 2.38. The van der Waals surface area contributed by atoms with Crippen molar-refractivity contribution < 1.29 is 0 Å². The summed E-state index contributed by atoms with van der Waals surface area (Å²) in [7, 11) is 0. The molecule has 2 rings (SSSR count). The Bertz CT molecular complexity index is 254. The Labute approximate surface area is 108 Å². The summed E-state index contributed by atoms with van der Waals surface area (Å²) < 4.78 is 0. The third-order valence-electron chi connectivity index (χ3n) is 5.02. The van der Waals surface area contributed by atoms with Crippen molar-refractivity contribution in [3.05, 3.63) is 0 Å². The van der Waals surface area contributed by atoms with Crippen LogP contribution in [-0.4, -0.2) is 12.1 Å². The molecular formula is C16H31N. The average Bonchev–Trinajstić information content (AvgIpc) is 2.44. The van der Waals surface area contributed by atoms with Gasteiger partial charge < -0.3 is 5.32 Å². The van der Waals surface area contributed by atoms with Crippen molar-refractivity contribution in [2.75, 3.05) is 0 Å². The standard InChI is InChI=1S/C16H31N/c1-15(2)9-5-6-13(7-10-15)17-14-8-11-16(3,4)12-14/h13-14,17H,5-12H2,1-4H3. The molecule has 2 saturated carbocycles. The molecule has 0 aromatic carbocycles. The Morgan fingerprint density at radius 3 is 2.06 bits per heavy atom. The van der Waals surface area contributed by atoms with Crippen molar-refractivity contribution in [2.45, 2.75) is 91.1 Å². The van der Waals surface area contributed by atoms with E-state index < -0.39 is 0 Å². The fraction of sp³-hybridized carbons (Fsp3) is 1.00. The summed E-state index contributed by atoms with van der Waals surface area (Å²) in [5.74, 6) is 0. The highest BCUT2D eigenvalue weighted by molar-refractivity contribution is 4.89. The molecule has 0 aliphatic heterocycles. The van der Waals surface area contributed by atoms with Gasteiger partial charge in [0.15, 0.2) is 0 Å². The summed E-state index contributed by atoms with van der Waals surface area (Å²) in [6.45, 7) is 9.72. The topological polar surface area (TPSA) is 12.0 Å². The van der Waals surface area contributed by atoms with Crippen molar-refractivity contribution >= 4 is 0 Å². The maximum atomic E-state index is 3.95. The summed E-state index contributed by atoms with van der Waals surface area (Å²) >= 11 is 0. The van der Waals surface area contributed by atoms with Gasteiger partial charge in [0, 0.05) is 12.1 Å². The van der Waals surface area contributed by atoms with E-state index in [9.17, 15) is 0 Å². The summed E-state index contributed by atoms with van der Waals surface area (Å²) in [4.78, 5) is 0. The number of hydrogen-bond donors (Lipinski definition) is 1. The molecule has 100 valence electrons. The van der Waals surface area contributed by atoms with Crippen LogP contribution < -0.4 is 5.32 Å². The SMILES string of the molecule is CC1(C)CCCC(NC2CCC(C)(C)C2)CC1. The molecule has 1 nitrogen and oxygen atoms in total. The minimum Gasteiger partial charge on any atom is -0.311 e. The van der Waals surface area contributed by atoms with E-state index in [-0.39, 0.29) is 0 Å². The second-order valence-corrected chi connectivity index (χ2v) is 8.06. The van der Waals surface area contributed by atoms with Gasteiger partial charge in [-0.3, -0.25) is 0 Å². The second-order valence-electron chi connectivity index (χ2n) is 8.06. The van der Waals surface area contributed by atoms with Gasteiger partial charge in [0.05, 0.1) is 0 Å². The smallest absolute Gasteiger partial charge is 0.00749 e. The molecule has 17 heavy (non-hydrogen) atoms. The van der Waals surface area contributed by atoms with Crippen molar-refractivity contribution in [1.29, 1.82) is 0 Å². The zero-order valence-electron chi connectivity index (χ0n) is 12.3. The zero-order chi connectivity index (χ0) is 12.5. The zero-order valence-corrected chi connectivity index (χ0v) is 12.3. The highest BCUT2D eigenvalue weighted by Gasteiger charge is 2.32. The molecule has 0 spiro atoms. The van der Waals surface area contributed by atoms with Crippen molar-refractivity contribution in [1.82, 2.24) is 5.32 Å². The van der Waals surface area contributed by atoms with E-state index in [1.807, 2.05) is 0 Å². The van der Waals surface area contributed by atoms with Gasteiger partial charge >= 0.3 is 0 Å². The Morgan fingerprint density at radius 1 is 0.765 bits per heavy atom. The van der Waals surface area contributed by atoms with Crippen molar-refractivity contribution in [3.8, 4) is 0 Å². The lowest BCUT2D eigenvalue weighted by molar-refractivity contribution is 0.303. The lowest BCUT2D eigenvalue weighted by atomic mass is 9.85. The van der Waals surface area contributed by atoms with Crippen molar-refractivity contribution in [3.63, 3.8) is 0 Å². The monoisotopic (exact) mass is 237 g/mol. The number of rotatable bonds is 2. The molecule has 1 heteroatoms. The van der Waals surface area contributed by atoms with Gasteiger partial charge in [-0.05, 0) is 55.8 Å². The molecule has 2 unspecified atom stereocenters. The third kappa shape index (κ3) is 3.98. The minimum absolute atomic E-state index is 0.585. The van der Waals surface area contributed by atoms with E-state index in [1.54, 1.807) is 0 Å². The van der Waals surface area contributed by atoms with E-state index in [1.165, 1.54) is 51.4 Å². The van der Waals surface area contributed by atoms with Crippen LogP contribution in [0.3, 0.4) is 0 Å². The summed E-state index contributed by atoms with van der Waals surface area (Å²) in [6, 6.07) is 1.60. The molecule has 0 aromatic heterocycles. The first kappa shape index (κ1) is 13.4. The van der Waals surface area contributed by atoms with Gasteiger partial charge in [0.2, 0.25) is 0 Å². The Morgan fingerprint density at radius 2 is 1.41 bits per heavy atom. The van der Waals surface area contributed by atoms with E-state index in [0.717, 1.165) is 12.1 Å². The van der Waals surface area contributed by atoms with Crippen molar-refractivity contribution in [2.24, 2.45) is 10.8 Å². The molecule has 0 aromatic rings. The molecule has 0 radical (unpaired) electrons. The summed E-state index contributed by atoms with van der Waals surface area (Å²) in [5, 5.41) is 3.95. The predicted molar refractivity (Wildman–Crippen MR) is 75.2 cm³/mol. The van der Waals surface area contributed by atoms with Crippen LogP contribution in [0, 0.1) is 10.8 Å². The largest absolute Gasteiger partial charge is 0.311 e. The molecule has 2 aliphatic rings. The fourth-order valence-electron chi connectivity index (χ4n) is 3.74. The van der Waals surface area contributed by atoms with Crippen LogP contribution in [-0.2, 0) is 0 Å². The first-order valence-corrected chi connectivity index (χ1v) is 7.62. The average molecular weight is 237 g/mol. The summed E-state index contributed by atoms with van der Waals surface area (Å²) in [6.07, 6.45) is 11.2. The second kappa shape index (κ2) is 4.91. The maximum absolute atomic E-state index is 3.95. The van der Waals surface area contributed by atoms with Crippen LogP contribution in [0.25, 0.3) is 0 Å². The van der Waals surface area contributed by atoms with Gasteiger partial charge in [0.1, 0.15) is 0 Å². The van der Waals surface area contributed by atoms with E-state index in [4.69, 9.17) is 0 Å². The van der Waals surface area contributed by atoms with Gasteiger partial charge in [-0.15, -0.1) is 0 Å². The van der Waals surface area contributed by atoms with Crippen LogP contribution in [0.15, 0.2) is 0 Å². The van der Waals surface area contributed by atoms with Gasteiger partial charge in [-0.1, -0.05) is 34.1 Å². The van der Waals surface area contributed by atoms with E-state index in [2.05, 4.69) is 33.0 Å². The fourth-order valence-corrected chi connectivity index (χ4v) is 3.74. The van der Waals surface area contributed by atoms with Crippen LogP contribution >= 0.6 is 0 Å². The van der Waals surface area contributed by atoms with Crippen LogP contribution in [0.4, 0.5) is 0 Å². The molecule has 1 N–H and O–H groups in total. The molecule has 2 atom stereocenters. The van der Waals surface area contributed by atoms with Crippen LogP contribution in [0.1, 0.15) is 79.1 Å². The van der Waals surface area contributed by atoms with Crippen LogP contribution in [0.5, 0.6) is 0 Å². The Balaban J connectivity index is 1.80. The molecule has 0 heterocycles. The normalized spacial score (nSPS) is 36.7.